The number of aromatic nitrogens is 2. The molecular formula is C27H28N4O5. The van der Waals surface area contributed by atoms with Gasteiger partial charge in [0.25, 0.3) is 0 Å². The number of H-pyrrole nitrogens is 1. The first-order chi connectivity index (χ1) is 17.4. The van der Waals surface area contributed by atoms with Crippen molar-refractivity contribution in [3.05, 3.63) is 53.3 Å². The van der Waals surface area contributed by atoms with Crippen LogP contribution in [0.3, 0.4) is 0 Å². The summed E-state index contributed by atoms with van der Waals surface area (Å²) in [7, 11) is 6.33. The van der Waals surface area contributed by atoms with Crippen molar-refractivity contribution in [2.75, 3.05) is 28.4 Å². The second kappa shape index (κ2) is 9.07. The Balaban J connectivity index is 1.69. The number of fused-ring (bicyclic) bond motifs is 3. The fourth-order valence-electron chi connectivity index (χ4n) is 5.05. The van der Waals surface area contributed by atoms with Crippen LogP contribution in [-0.2, 0) is 4.79 Å². The Morgan fingerprint density at radius 2 is 1.61 bits per heavy atom. The number of nitrogens with one attached hydrogen (secondary N) is 1. The molecule has 0 radical (unpaired) electrons. The molecule has 0 saturated carbocycles. The number of aryl methyl sites for hydroxylation is 1. The van der Waals surface area contributed by atoms with E-state index < -0.39 is 6.04 Å². The fourth-order valence-corrected chi connectivity index (χ4v) is 5.05. The summed E-state index contributed by atoms with van der Waals surface area (Å²) in [4.78, 5) is 20.7. The number of benzene rings is 2. The van der Waals surface area contributed by atoms with Gasteiger partial charge in [0.05, 0.1) is 62.5 Å². The molecule has 3 heterocycles. The zero-order chi connectivity index (χ0) is 25.6. The van der Waals surface area contributed by atoms with Crippen molar-refractivity contribution in [2.24, 2.45) is 5.10 Å². The molecule has 9 heteroatoms. The first-order valence-corrected chi connectivity index (χ1v) is 11.5. The standard InChI is InChI=1S/C27H28N4O5/c1-14-24-17(11-12-28-14)16-7-9-21(33-3)23(25(16)29-24)19-13-20(31(30-19)15(2)32)18-8-10-22(34-4)27(36-6)26(18)35-5/h7-12,20,29H,13H2,1-6H3. The lowest BCUT2D eigenvalue weighted by atomic mass is 9.95. The van der Waals surface area contributed by atoms with Crippen LogP contribution in [-0.4, -0.2) is 55.0 Å². The third-order valence-electron chi connectivity index (χ3n) is 6.68. The summed E-state index contributed by atoms with van der Waals surface area (Å²) in [5.74, 6) is 1.99. The Morgan fingerprint density at radius 3 is 2.28 bits per heavy atom. The van der Waals surface area contributed by atoms with Crippen molar-refractivity contribution >= 4 is 33.4 Å². The molecule has 2 aromatic heterocycles. The van der Waals surface area contributed by atoms with Gasteiger partial charge in [-0.15, -0.1) is 0 Å². The minimum atomic E-state index is -0.403. The number of pyridine rings is 1. The van der Waals surface area contributed by atoms with Crippen LogP contribution >= 0.6 is 0 Å². The third-order valence-corrected chi connectivity index (χ3v) is 6.68. The number of carbonyl (C=O) groups is 1. The number of hydrazone groups is 1. The van der Waals surface area contributed by atoms with Crippen LogP contribution in [0, 0.1) is 6.92 Å². The Kier molecular flexibility index (Phi) is 5.91. The first-order valence-electron chi connectivity index (χ1n) is 11.5. The van der Waals surface area contributed by atoms with Gasteiger partial charge in [0.2, 0.25) is 11.7 Å². The lowest BCUT2D eigenvalue weighted by Crippen LogP contribution is -2.24. The SMILES string of the molecule is COc1ccc(C2CC(c3c(OC)ccc4c3[nH]c3c(C)nccc34)=NN2C(C)=O)c(OC)c1OC. The van der Waals surface area contributed by atoms with Gasteiger partial charge in [-0.05, 0) is 37.3 Å². The molecule has 0 spiro atoms. The van der Waals surface area contributed by atoms with E-state index in [1.807, 2.05) is 37.3 Å². The van der Waals surface area contributed by atoms with Crippen molar-refractivity contribution < 1.29 is 23.7 Å². The minimum absolute atomic E-state index is 0.185. The summed E-state index contributed by atoms with van der Waals surface area (Å²) >= 11 is 0. The van der Waals surface area contributed by atoms with Gasteiger partial charge in [-0.25, -0.2) is 5.01 Å². The van der Waals surface area contributed by atoms with E-state index >= 15 is 0 Å². The van der Waals surface area contributed by atoms with E-state index in [1.165, 1.54) is 11.9 Å². The molecule has 1 aliphatic rings. The highest BCUT2D eigenvalue weighted by atomic mass is 16.5. The molecule has 5 rings (SSSR count). The molecule has 1 unspecified atom stereocenters. The Hall–Kier alpha value is -4.27. The number of carbonyl (C=O) groups excluding carboxylic acids is 1. The van der Waals surface area contributed by atoms with Crippen LogP contribution in [0.25, 0.3) is 21.8 Å². The van der Waals surface area contributed by atoms with Gasteiger partial charge >= 0.3 is 0 Å². The number of rotatable bonds is 6. The maximum Gasteiger partial charge on any atom is 0.240 e. The number of methoxy groups -OCH3 is 4. The summed E-state index contributed by atoms with van der Waals surface area (Å²) in [5, 5.41) is 8.40. The summed E-state index contributed by atoms with van der Waals surface area (Å²) < 4.78 is 22.5. The molecule has 1 aliphatic heterocycles. The van der Waals surface area contributed by atoms with Crippen molar-refractivity contribution in [1.82, 2.24) is 15.0 Å². The number of aromatic amines is 1. The van der Waals surface area contributed by atoms with Gasteiger partial charge in [-0.3, -0.25) is 9.78 Å². The molecule has 9 nitrogen and oxygen atoms in total. The van der Waals surface area contributed by atoms with Crippen molar-refractivity contribution in [1.29, 1.82) is 0 Å². The van der Waals surface area contributed by atoms with E-state index in [4.69, 9.17) is 24.0 Å². The van der Waals surface area contributed by atoms with E-state index in [1.54, 1.807) is 34.6 Å². The molecule has 1 N–H and O–H groups in total. The number of hydrogen-bond acceptors (Lipinski definition) is 7. The van der Waals surface area contributed by atoms with Gasteiger partial charge in [0.1, 0.15) is 5.75 Å². The van der Waals surface area contributed by atoms with E-state index in [0.29, 0.717) is 29.4 Å². The van der Waals surface area contributed by atoms with Crippen LogP contribution in [0.5, 0.6) is 23.0 Å². The Labute approximate surface area is 208 Å². The number of ether oxygens (including phenoxy) is 4. The van der Waals surface area contributed by atoms with Crippen LogP contribution in [0.4, 0.5) is 0 Å². The van der Waals surface area contributed by atoms with Crippen LogP contribution in [0.15, 0.2) is 41.6 Å². The normalized spacial score (nSPS) is 15.3. The Bertz CT molecular complexity index is 1520. The lowest BCUT2D eigenvalue weighted by molar-refractivity contribution is -0.130. The molecule has 2 aromatic carbocycles. The van der Waals surface area contributed by atoms with Crippen molar-refractivity contribution in [3.63, 3.8) is 0 Å². The summed E-state index contributed by atoms with van der Waals surface area (Å²) in [6, 6.07) is 9.25. The third kappa shape index (κ3) is 3.50. The Morgan fingerprint density at radius 1 is 0.917 bits per heavy atom. The maximum absolute atomic E-state index is 12.8. The monoisotopic (exact) mass is 488 g/mol. The number of nitrogens with zero attached hydrogens (tertiary/aromatic N) is 3. The molecule has 36 heavy (non-hydrogen) atoms. The average Bonchev–Trinajstić information content (AvgIpc) is 3.50. The highest BCUT2D eigenvalue weighted by molar-refractivity contribution is 6.19. The van der Waals surface area contributed by atoms with E-state index in [0.717, 1.165) is 44.3 Å². The predicted molar refractivity (Wildman–Crippen MR) is 137 cm³/mol. The van der Waals surface area contributed by atoms with Crippen LogP contribution in [0.1, 0.15) is 36.2 Å². The van der Waals surface area contributed by atoms with Crippen LogP contribution < -0.4 is 18.9 Å². The molecule has 0 aliphatic carbocycles. The summed E-state index contributed by atoms with van der Waals surface area (Å²) in [6.45, 7) is 3.47. The van der Waals surface area contributed by atoms with Crippen molar-refractivity contribution in [3.8, 4) is 23.0 Å². The molecule has 0 fully saturated rings. The van der Waals surface area contributed by atoms with Crippen LogP contribution in [0.2, 0.25) is 0 Å². The smallest absolute Gasteiger partial charge is 0.240 e. The van der Waals surface area contributed by atoms with E-state index in [-0.39, 0.29) is 5.91 Å². The average molecular weight is 489 g/mol. The lowest BCUT2D eigenvalue weighted by Gasteiger charge is -2.24. The predicted octanol–water partition coefficient (Wildman–Crippen LogP) is 4.76. The molecular weight excluding hydrogens is 460 g/mol. The second-order valence-electron chi connectivity index (χ2n) is 8.56. The highest BCUT2D eigenvalue weighted by Gasteiger charge is 2.36. The first kappa shape index (κ1) is 23.5. The second-order valence-corrected chi connectivity index (χ2v) is 8.56. The number of amides is 1. The topological polar surface area (TPSA) is 98.3 Å². The zero-order valence-corrected chi connectivity index (χ0v) is 21.1. The molecule has 186 valence electrons. The highest BCUT2D eigenvalue weighted by Crippen LogP contribution is 2.47. The van der Waals surface area contributed by atoms with E-state index in [9.17, 15) is 4.79 Å². The zero-order valence-electron chi connectivity index (χ0n) is 21.1. The van der Waals surface area contributed by atoms with Gasteiger partial charge in [0, 0.05) is 35.9 Å². The minimum Gasteiger partial charge on any atom is -0.496 e. The summed E-state index contributed by atoms with van der Waals surface area (Å²) in [5.41, 5.74) is 5.07. The summed E-state index contributed by atoms with van der Waals surface area (Å²) in [6.07, 6.45) is 2.26. The van der Waals surface area contributed by atoms with Crippen molar-refractivity contribution in [2.45, 2.75) is 26.3 Å². The fraction of sp³-hybridized carbons (Fsp3) is 0.296. The molecule has 1 atom stereocenters. The largest absolute Gasteiger partial charge is 0.496 e. The maximum atomic E-state index is 12.8. The van der Waals surface area contributed by atoms with E-state index in [2.05, 4.69) is 9.97 Å². The van der Waals surface area contributed by atoms with Gasteiger partial charge in [-0.1, -0.05) is 0 Å². The van der Waals surface area contributed by atoms with Gasteiger partial charge < -0.3 is 23.9 Å². The quantitative estimate of drug-likeness (QED) is 0.420. The van der Waals surface area contributed by atoms with Gasteiger partial charge in [-0.2, -0.15) is 5.10 Å². The van der Waals surface area contributed by atoms with Gasteiger partial charge in [0.15, 0.2) is 11.5 Å². The molecule has 0 saturated heterocycles. The molecule has 1 amide bonds. The number of hydrogen-bond donors (Lipinski definition) is 1. The molecule has 4 aromatic rings. The molecule has 0 bridgehead atoms.